The Morgan fingerprint density at radius 3 is 2.40 bits per heavy atom. The van der Waals surface area contributed by atoms with Crippen LogP contribution in [-0.4, -0.2) is 20.1 Å². The predicted octanol–water partition coefficient (Wildman–Crippen LogP) is -0.548. The van der Waals surface area contributed by atoms with Crippen molar-refractivity contribution in [2.24, 2.45) is 0 Å². The van der Waals surface area contributed by atoms with Gasteiger partial charge in [-0.3, -0.25) is 9.52 Å². The lowest BCUT2D eigenvalue weighted by Crippen LogP contribution is -2.29. The summed E-state index contributed by atoms with van der Waals surface area (Å²) in [7, 11) is -3.51. The Kier molecular flexibility index (Phi) is 3.08. The van der Waals surface area contributed by atoms with Gasteiger partial charge in [-0.1, -0.05) is 6.08 Å². The van der Waals surface area contributed by atoms with Gasteiger partial charge in [0.05, 0.1) is 5.75 Å². The first-order chi connectivity index (χ1) is 4.48. The molecule has 1 N–H and O–H groups in total. The molecule has 0 bridgehead atoms. The van der Waals surface area contributed by atoms with E-state index in [4.69, 9.17) is 0 Å². The van der Waals surface area contributed by atoms with E-state index in [0.29, 0.717) is 0 Å². The lowest BCUT2D eigenvalue weighted by atomic mass is 10.8. The number of hydrogen-bond donors (Lipinski definition) is 1. The van der Waals surface area contributed by atoms with Crippen LogP contribution in [0.25, 0.3) is 0 Å². The first-order valence-corrected chi connectivity index (χ1v) is 4.10. The monoisotopic (exact) mass is 162 g/mol. The maximum absolute atomic E-state index is 10.6. The molecule has 0 spiro atoms. The van der Waals surface area contributed by atoms with E-state index in [9.17, 15) is 13.2 Å². The second kappa shape index (κ2) is 3.36. The summed E-state index contributed by atoms with van der Waals surface area (Å²) in [5.74, 6) is -1.10. The number of carbonyl (C=O) groups is 1. The number of amides is 1. The maximum atomic E-state index is 10.6. The Morgan fingerprint density at radius 2 is 2.10 bits per heavy atom. The summed E-state index contributed by atoms with van der Waals surface area (Å²) in [6.45, 7) is 6.04. The summed E-state index contributed by atoms with van der Waals surface area (Å²) in [6, 6.07) is 0. The summed E-state index contributed by atoms with van der Waals surface area (Å²) in [5, 5.41) is 0. The Balaban J connectivity index is 4.14. The number of nitrogens with one attached hydrogen (secondary N) is 1. The van der Waals surface area contributed by atoms with Gasteiger partial charge >= 0.3 is 0 Å². The van der Waals surface area contributed by atoms with E-state index < -0.39 is 15.9 Å². The van der Waals surface area contributed by atoms with Crippen molar-refractivity contribution in [3.63, 3.8) is 0 Å². The van der Waals surface area contributed by atoms with Crippen LogP contribution in [0, 0.1) is 6.92 Å². The van der Waals surface area contributed by atoms with Crippen LogP contribution in [0.4, 0.5) is 0 Å². The standard InChI is InChI=1S/C5H8NO3S/c1-3-4-10(8,9)6-5(2)7/h3H,1-2,4H2,(H,6,7). The van der Waals surface area contributed by atoms with Crippen molar-refractivity contribution in [3.8, 4) is 0 Å². The van der Waals surface area contributed by atoms with E-state index in [1.807, 2.05) is 0 Å². The molecule has 0 heterocycles. The molecule has 0 fully saturated rings. The average molecular weight is 162 g/mol. The van der Waals surface area contributed by atoms with Crippen LogP contribution in [0.3, 0.4) is 0 Å². The third-order valence-corrected chi connectivity index (χ3v) is 1.82. The quantitative estimate of drug-likeness (QED) is 0.566. The summed E-state index contributed by atoms with van der Waals surface area (Å²) < 4.78 is 22.9. The van der Waals surface area contributed by atoms with Crippen LogP contribution < -0.4 is 4.72 Å². The van der Waals surface area contributed by atoms with Gasteiger partial charge in [0.2, 0.25) is 15.9 Å². The molecule has 0 atom stereocenters. The van der Waals surface area contributed by atoms with E-state index in [-0.39, 0.29) is 5.75 Å². The highest BCUT2D eigenvalue weighted by Crippen LogP contribution is 1.82. The van der Waals surface area contributed by atoms with Gasteiger partial charge in [0.25, 0.3) is 0 Å². The molecule has 0 saturated carbocycles. The minimum Gasteiger partial charge on any atom is -0.274 e. The predicted molar refractivity (Wildman–Crippen MR) is 37.5 cm³/mol. The van der Waals surface area contributed by atoms with Gasteiger partial charge in [0.15, 0.2) is 0 Å². The molecule has 0 aromatic rings. The number of carbonyl (C=O) groups excluding carboxylic acids is 1. The topological polar surface area (TPSA) is 63.2 Å². The normalized spacial score (nSPS) is 10.5. The van der Waals surface area contributed by atoms with Crippen molar-refractivity contribution in [2.75, 3.05) is 5.75 Å². The zero-order valence-electron chi connectivity index (χ0n) is 5.33. The van der Waals surface area contributed by atoms with E-state index in [1.54, 1.807) is 4.72 Å². The minimum absolute atomic E-state index is 0.270. The fraction of sp³-hybridized carbons (Fsp3) is 0.200. The minimum atomic E-state index is -3.51. The largest absolute Gasteiger partial charge is 0.274 e. The zero-order valence-corrected chi connectivity index (χ0v) is 6.15. The Morgan fingerprint density at radius 1 is 1.60 bits per heavy atom. The molecule has 5 heteroatoms. The van der Waals surface area contributed by atoms with Crippen LogP contribution in [0.5, 0.6) is 0 Å². The Labute approximate surface area is 60.0 Å². The van der Waals surface area contributed by atoms with Crippen molar-refractivity contribution in [2.45, 2.75) is 0 Å². The summed E-state index contributed by atoms with van der Waals surface area (Å²) in [4.78, 5) is 10.1. The van der Waals surface area contributed by atoms with Gasteiger partial charge in [0.1, 0.15) is 0 Å². The fourth-order valence-electron chi connectivity index (χ4n) is 0.370. The molecule has 0 aliphatic heterocycles. The third kappa shape index (κ3) is 4.08. The van der Waals surface area contributed by atoms with E-state index in [2.05, 4.69) is 13.5 Å². The SMILES string of the molecule is [CH2]C(=O)NS(=O)(=O)CC=C. The van der Waals surface area contributed by atoms with E-state index in [1.165, 1.54) is 6.08 Å². The van der Waals surface area contributed by atoms with Crippen molar-refractivity contribution < 1.29 is 13.2 Å². The van der Waals surface area contributed by atoms with Crippen LogP contribution in [0.2, 0.25) is 0 Å². The molecule has 0 saturated heterocycles. The molecule has 4 nitrogen and oxygen atoms in total. The second-order valence-corrected chi connectivity index (χ2v) is 3.36. The molecule has 0 rings (SSSR count). The first kappa shape index (κ1) is 9.16. The van der Waals surface area contributed by atoms with Gasteiger partial charge in [-0.25, -0.2) is 8.42 Å². The van der Waals surface area contributed by atoms with Crippen molar-refractivity contribution in [3.05, 3.63) is 19.6 Å². The molecule has 57 valence electrons. The maximum Gasteiger partial charge on any atom is 0.238 e. The molecule has 0 aromatic heterocycles. The van der Waals surface area contributed by atoms with Gasteiger partial charge in [-0.15, -0.1) is 6.58 Å². The molecular formula is C5H8NO3S. The van der Waals surface area contributed by atoms with Crippen LogP contribution in [0.15, 0.2) is 12.7 Å². The van der Waals surface area contributed by atoms with Crippen molar-refractivity contribution >= 4 is 15.9 Å². The third-order valence-electron chi connectivity index (χ3n) is 0.607. The van der Waals surface area contributed by atoms with Crippen LogP contribution in [0.1, 0.15) is 0 Å². The lowest BCUT2D eigenvalue weighted by molar-refractivity contribution is -0.115. The van der Waals surface area contributed by atoms with Gasteiger partial charge in [0, 0.05) is 6.92 Å². The summed E-state index contributed by atoms with van der Waals surface area (Å²) >= 11 is 0. The molecule has 0 aliphatic carbocycles. The van der Waals surface area contributed by atoms with Gasteiger partial charge in [-0.05, 0) is 0 Å². The Hall–Kier alpha value is -0.840. The van der Waals surface area contributed by atoms with E-state index >= 15 is 0 Å². The highest BCUT2D eigenvalue weighted by atomic mass is 32.2. The lowest BCUT2D eigenvalue weighted by Gasteiger charge is -1.98. The molecular weight excluding hydrogens is 154 g/mol. The van der Waals surface area contributed by atoms with Gasteiger partial charge in [-0.2, -0.15) is 0 Å². The Bertz CT molecular complexity index is 229. The molecule has 0 aromatic carbocycles. The number of sulfonamides is 1. The van der Waals surface area contributed by atoms with E-state index in [0.717, 1.165) is 0 Å². The smallest absolute Gasteiger partial charge is 0.238 e. The number of rotatable bonds is 3. The highest BCUT2D eigenvalue weighted by Gasteiger charge is 2.07. The second-order valence-electron chi connectivity index (χ2n) is 1.60. The molecule has 0 aliphatic rings. The molecule has 10 heavy (non-hydrogen) atoms. The van der Waals surface area contributed by atoms with Gasteiger partial charge < -0.3 is 0 Å². The van der Waals surface area contributed by atoms with Crippen molar-refractivity contribution in [1.82, 2.24) is 4.72 Å². The number of hydrogen-bond acceptors (Lipinski definition) is 3. The summed E-state index contributed by atoms with van der Waals surface area (Å²) in [5.41, 5.74) is 0. The molecule has 1 amide bonds. The first-order valence-electron chi connectivity index (χ1n) is 2.45. The zero-order chi connectivity index (χ0) is 8.20. The summed E-state index contributed by atoms with van der Waals surface area (Å²) in [6.07, 6.45) is 1.19. The highest BCUT2D eigenvalue weighted by molar-refractivity contribution is 7.90. The average Bonchev–Trinajstić information content (AvgIpc) is 1.59. The van der Waals surface area contributed by atoms with Crippen molar-refractivity contribution in [1.29, 1.82) is 0 Å². The molecule has 1 radical (unpaired) electrons. The van der Waals surface area contributed by atoms with Crippen LogP contribution >= 0.6 is 0 Å². The molecule has 0 unspecified atom stereocenters. The van der Waals surface area contributed by atoms with Crippen LogP contribution in [-0.2, 0) is 14.8 Å². The fourth-order valence-corrected chi connectivity index (χ4v) is 1.11.